The van der Waals surface area contributed by atoms with Gasteiger partial charge >= 0.3 is 0 Å². The molecule has 0 saturated carbocycles. The number of nitrogens with zero attached hydrogens (tertiary/aromatic N) is 4. The summed E-state index contributed by atoms with van der Waals surface area (Å²) in [6.45, 7) is 30.6. The number of unbranched alkanes of at least 4 members (excludes halogenated alkanes) is 81. The Hall–Kier alpha value is -3.06. The van der Waals surface area contributed by atoms with Gasteiger partial charge in [-0.05, 0) is 116 Å². The van der Waals surface area contributed by atoms with Gasteiger partial charge < -0.3 is 41.9 Å². The molecule has 17 heteroatoms. The first-order chi connectivity index (χ1) is 71.3. The topological polar surface area (TPSA) is 208 Å². The minimum atomic E-state index is -0.624. The molecule has 0 saturated heterocycles. The number of carbonyl (C=O) groups excluding carboxylic acids is 6. The highest BCUT2D eigenvalue weighted by Crippen LogP contribution is 2.22. The van der Waals surface area contributed by atoms with Crippen LogP contribution >= 0.6 is 0 Å². The van der Waals surface area contributed by atoms with Gasteiger partial charge in [-0.3, -0.25) is 43.5 Å². The van der Waals surface area contributed by atoms with Crippen LogP contribution in [0.2, 0.25) is 0 Å². The fourth-order valence-corrected chi connectivity index (χ4v) is 20.7. The highest BCUT2D eigenvalue weighted by molar-refractivity contribution is 5.84. The van der Waals surface area contributed by atoms with E-state index in [2.05, 4.69) is 97.1 Å². The van der Waals surface area contributed by atoms with Gasteiger partial charge in [0.25, 0.3) is 0 Å². The van der Waals surface area contributed by atoms with E-state index in [1.807, 2.05) is 9.80 Å². The summed E-state index contributed by atoms with van der Waals surface area (Å²) in [4.78, 5) is 87.7. The van der Waals surface area contributed by atoms with Gasteiger partial charge in [0.2, 0.25) is 23.6 Å². The van der Waals surface area contributed by atoms with Gasteiger partial charge in [-0.1, -0.05) is 563 Å². The van der Waals surface area contributed by atoms with Crippen LogP contribution < -0.4 is 31.9 Å². The van der Waals surface area contributed by atoms with Crippen molar-refractivity contribution < 1.29 is 33.9 Å². The molecule has 0 aromatic carbocycles. The number of aliphatic hydroxyl groups is 1. The normalized spacial score (nSPS) is 11.9. The number of aliphatic hydroxyl groups excluding tert-OH is 1. The number of rotatable bonds is 124. The van der Waals surface area contributed by atoms with E-state index in [0.29, 0.717) is 78.3 Å². The van der Waals surface area contributed by atoms with Gasteiger partial charge in [-0.25, -0.2) is 0 Å². The Bertz CT molecular complexity index is 2380. The van der Waals surface area contributed by atoms with Gasteiger partial charge in [0.1, 0.15) is 11.6 Å². The predicted molar refractivity (Wildman–Crippen MR) is 634 cm³/mol. The van der Waals surface area contributed by atoms with E-state index in [9.17, 15) is 33.9 Å². The molecule has 0 fully saturated rings. The second-order valence-corrected chi connectivity index (χ2v) is 45.4. The summed E-state index contributed by atoms with van der Waals surface area (Å²) in [6, 6.07) is 0. The maximum absolute atomic E-state index is 13.3. The summed E-state index contributed by atoms with van der Waals surface area (Å²) in [5.74, 6) is 0.495. The van der Waals surface area contributed by atoms with Gasteiger partial charge in [0.05, 0.1) is 45.4 Å². The highest BCUT2D eigenvalue weighted by atomic mass is 16.3. The third kappa shape index (κ3) is 119. The maximum Gasteiger partial charge on any atom is 0.234 e. The van der Waals surface area contributed by atoms with Crippen LogP contribution in [0.1, 0.15) is 653 Å². The molecule has 0 aromatic heterocycles. The van der Waals surface area contributed by atoms with Crippen LogP contribution in [0.15, 0.2) is 0 Å². The Morgan fingerprint density at radius 1 is 0.166 bits per heavy atom. The van der Waals surface area contributed by atoms with Crippen LogP contribution in [0.5, 0.6) is 0 Å². The molecule has 145 heavy (non-hydrogen) atoms. The summed E-state index contributed by atoms with van der Waals surface area (Å²) in [7, 11) is 0. The monoisotopic (exact) mass is 2050 g/mol. The lowest BCUT2D eigenvalue weighted by atomic mass is 10.0. The van der Waals surface area contributed by atoms with Crippen LogP contribution in [0, 0.1) is 0 Å². The number of ketones is 2. The molecule has 7 N–H and O–H groups in total. The Labute approximate surface area is 904 Å². The summed E-state index contributed by atoms with van der Waals surface area (Å²) in [5, 5.41) is 31.5. The lowest BCUT2D eigenvalue weighted by molar-refractivity contribution is -0.127. The largest absolute Gasteiger partial charge is 0.390 e. The average molecular weight is 2050 g/mol. The molecule has 0 spiro atoms. The van der Waals surface area contributed by atoms with Crippen molar-refractivity contribution in [2.75, 3.05) is 131 Å². The number of carbonyl (C=O) groups is 6. The summed E-state index contributed by atoms with van der Waals surface area (Å²) >= 11 is 0. The Morgan fingerprint density at radius 3 is 0.566 bits per heavy atom. The maximum atomic E-state index is 13.3. The van der Waals surface area contributed by atoms with Gasteiger partial charge in [-0.2, -0.15) is 0 Å². The van der Waals surface area contributed by atoms with Crippen LogP contribution in [-0.2, 0) is 28.8 Å². The van der Waals surface area contributed by atoms with Crippen molar-refractivity contribution in [3.05, 3.63) is 0 Å². The van der Waals surface area contributed by atoms with E-state index in [0.717, 1.165) is 155 Å². The molecule has 0 aliphatic heterocycles. The Kier molecular flexibility index (Phi) is 124. The van der Waals surface area contributed by atoms with Crippen LogP contribution in [0.3, 0.4) is 0 Å². The molecular weight excluding hydrogens is 1790 g/mol. The van der Waals surface area contributed by atoms with Crippen molar-refractivity contribution in [2.24, 2.45) is 0 Å². The lowest BCUT2D eigenvalue weighted by Gasteiger charge is -2.29. The number of hydrogen-bond acceptors (Lipinski definition) is 13. The number of amides is 4. The first-order valence-corrected chi connectivity index (χ1v) is 65.4. The first-order valence-electron chi connectivity index (χ1n) is 65.4. The lowest BCUT2D eigenvalue weighted by Crippen LogP contribution is -2.48. The molecule has 1 atom stereocenters. The van der Waals surface area contributed by atoms with E-state index in [1.54, 1.807) is 0 Å². The van der Waals surface area contributed by atoms with Gasteiger partial charge in [0, 0.05) is 65.2 Å². The Morgan fingerprint density at radius 2 is 0.324 bits per heavy atom. The molecule has 0 aromatic rings. The second-order valence-electron chi connectivity index (χ2n) is 45.4. The van der Waals surface area contributed by atoms with E-state index in [4.69, 9.17) is 0 Å². The number of Topliss-reactive ketones (excluding diaryl/α,β-unsaturated/α-hetero) is 2. The van der Waals surface area contributed by atoms with E-state index < -0.39 is 6.10 Å². The quantitative estimate of drug-likeness (QED) is 0.0283. The smallest absolute Gasteiger partial charge is 0.234 e. The van der Waals surface area contributed by atoms with Gasteiger partial charge in [0.15, 0.2) is 0 Å². The molecular formula is C128H258N10O7. The zero-order valence-electron chi connectivity index (χ0n) is 99.2. The van der Waals surface area contributed by atoms with E-state index >= 15 is 0 Å². The molecule has 862 valence electrons. The molecule has 0 bridgehead atoms. The standard InChI is InChI=1S/C65H129N5O4.C63H129N5O3/c1-5-9-13-17-21-25-29-31-35-39-44-50-62(71)58-69(59-63(72)51-45-40-36-32-30-26-22-18-14-10-6-2)56-49-43-46-52-66-55-57-70(60-64(73)67-53-47-41-37-33-27-23-19-15-11-7-3)61-65(74)68-54-48-42-38-34-28-24-20-16-12-8-4;1-5-9-13-17-21-25-29-31-33-37-41-45-51-64-52-48-50-56-67(55-49-44-40-36-32-30-26-22-18-14-10-6-2)57-61(69)58-68(59-62(70)65-53-46-42-38-34-27-23-19-15-11-7-3)60-63(71)66-54-47-43-39-35-28-24-20-16-12-8-4/h66H,5-61H2,1-4H3,(H,67,73)(H,68,74);61,64,69H,5-60H2,1-4H3,(H,65,70)(H,66,71). The van der Waals surface area contributed by atoms with Crippen LogP contribution in [-0.4, -0.2) is 197 Å². The summed E-state index contributed by atoms with van der Waals surface area (Å²) in [6.07, 6.45) is 118. The second kappa shape index (κ2) is 124. The minimum Gasteiger partial charge on any atom is -0.390 e. The highest BCUT2D eigenvalue weighted by Gasteiger charge is 2.23. The van der Waals surface area contributed by atoms with Crippen LogP contribution in [0.4, 0.5) is 0 Å². The fourth-order valence-electron chi connectivity index (χ4n) is 20.7. The summed E-state index contributed by atoms with van der Waals surface area (Å²) < 4.78 is 0. The SMILES string of the molecule is CCCCCCCCCCCCCC(=O)CN(CCCCCNCCN(CC(=O)NCCCCCCCCCCCC)CC(=O)NCCCCCCCCCCCC)CC(=O)CCCCCCCCCCCCC.CCCCCCCCCCCCCCNCCCCN(CCCCCCCCCCCCCC)CC(O)CN(CC(=O)NCCCCCCCCCCCC)CC(=O)NCCCCCCCCCCCC. The van der Waals surface area contributed by atoms with E-state index in [1.165, 1.54) is 469 Å². The number of hydrogen-bond donors (Lipinski definition) is 7. The van der Waals surface area contributed by atoms with Crippen molar-refractivity contribution in [1.82, 2.24) is 51.5 Å². The van der Waals surface area contributed by atoms with Crippen molar-refractivity contribution >= 4 is 35.2 Å². The number of nitrogens with one attached hydrogen (secondary N) is 6. The third-order valence-corrected chi connectivity index (χ3v) is 30.3. The van der Waals surface area contributed by atoms with Crippen molar-refractivity contribution in [1.29, 1.82) is 0 Å². The van der Waals surface area contributed by atoms with Crippen molar-refractivity contribution in [3.8, 4) is 0 Å². The van der Waals surface area contributed by atoms with Crippen molar-refractivity contribution in [2.45, 2.75) is 659 Å². The molecule has 0 aliphatic carbocycles. The average Bonchev–Trinajstić information content (AvgIpc) is 0.912. The summed E-state index contributed by atoms with van der Waals surface area (Å²) in [5.41, 5.74) is 0. The molecule has 1 unspecified atom stereocenters. The fraction of sp³-hybridized carbons (Fsp3) is 0.953. The first kappa shape index (κ1) is 144. The molecule has 17 nitrogen and oxygen atoms in total. The van der Waals surface area contributed by atoms with E-state index in [-0.39, 0.29) is 61.4 Å². The predicted octanol–water partition coefficient (Wildman–Crippen LogP) is 33.8. The van der Waals surface area contributed by atoms with Crippen LogP contribution in [0.25, 0.3) is 0 Å². The molecule has 0 heterocycles. The molecule has 4 amide bonds. The molecule has 0 radical (unpaired) electrons. The van der Waals surface area contributed by atoms with Gasteiger partial charge in [-0.15, -0.1) is 0 Å². The minimum absolute atomic E-state index is 0.00235. The molecule has 0 aliphatic rings. The van der Waals surface area contributed by atoms with Crippen molar-refractivity contribution in [3.63, 3.8) is 0 Å². The molecule has 0 rings (SSSR count). The Balaban J connectivity index is 0. The zero-order chi connectivity index (χ0) is 105. The zero-order valence-corrected chi connectivity index (χ0v) is 99.2. The third-order valence-electron chi connectivity index (χ3n) is 30.3.